The lowest BCUT2D eigenvalue weighted by Gasteiger charge is -2.28. The first-order valence-corrected chi connectivity index (χ1v) is 7.62. The minimum absolute atomic E-state index is 0.510. The van der Waals surface area contributed by atoms with Crippen molar-refractivity contribution < 1.29 is 0 Å². The van der Waals surface area contributed by atoms with Gasteiger partial charge in [-0.2, -0.15) is 0 Å². The second-order valence-corrected chi connectivity index (χ2v) is 7.14. The number of benzene rings is 1. The molecule has 4 heteroatoms. The average molecular weight is 311 g/mol. The third-order valence-electron chi connectivity index (χ3n) is 3.45. The molecular formula is C13H15BrN2S. The van der Waals surface area contributed by atoms with E-state index in [0.29, 0.717) is 6.04 Å². The maximum absolute atomic E-state index is 4.49. The molecule has 1 aromatic carbocycles. The van der Waals surface area contributed by atoms with E-state index in [1.807, 2.05) is 0 Å². The van der Waals surface area contributed by atoms with E-state index >= 15 is 0 Å². The van der Waals surface area contributed by atoms with Gasteiger partial charge in [-0.1, -0.05) is 13.0 Å². The summed E-state index contributed by atoms with van der Waals surface area (Å²) in [4.78, 5) is 4.49. The van der Waals surface area contributed by atoms with Gasteiger partial charge in [0.05, 0.1) is 10.2 Å². The lowest BCUT2D eigenvalue weighted by Crippen LogP contribution is -2.31. The third kappa shape index (κ3) is 2.39. The fourth-order valence-corrected chi connectivity index (χ4v) is 3.80. The first-order chi connectivity index (χ1) is 8.22. The zero-order valence-corrected chi connectivity index (χ0v) is 12.1. The van der Waals surface area contributed by atoms with Crippen molar-refractivity contribution in [2.45, 2.75) is 25.8 Å². The molecule has 1 aliphatic rings. The fourth-order valence-electron chi connectivity index (χ4n) is 2.42. The molecule has 2 nitrogen and oxygen atoms in total. The molecule has 17 heavy (non-hydrogen) atoms. The molecule has 0 aliphatic carbocycles. The smallest absolute Gasteiger partial charge is 0.160 e. The Morgan fingerprint density at radius 2 is 2.29 bits per heavy atom. The van der Waals surface area contributed by atoms with Crippen molar-refractivity contribution in [2.24, 2.45) is 5.92 Å². The topological polar surface area (TPSA) is 24.9 Å². The number of piperidine rings is 1. The molecule has 0 bridgehead atoms. The molecule has 1 N–H and O–H groups in total. The minimum atomic E-state index is 0.510. The molecule has 2 atom stereocenters. The summed E-state index contributed by atoms with van der Waals surface area (Å²) in [6.45, 7) is 3.44. The van der Waals surface area contributed by atoms with E-state index in [4.69, 9.17) is 0 Å². The van der Waals surface area contributed by atoms with Gasteiger partial charge in [-0.05, 0) is 58.9 Å². The first-order valence-electron chi connectivity index (χ1n) is 6.02. The molecule has 1 aromatic heterocycles. The van der Waals surface area contributed by atoms with Gasteiger partial charge in [-0.3, -0.25) is 0 Å². The Morgan fingerprint density at radius 3 is 3.06 bits per heavy atom. The number of rotatable bonds is 1. The van der Waals surface area contributed by atoms with Crippen LogP contribution in [0.25, 0.3) is 10.2 Å². The molecule has 1 unspecified atom stereocenters. The second kappa shape index (κ2) is 4.67. The van der Waals surface area contributed by atoms with Crippen molar-refractivity contribution in [1.82, 2.24) is 10.3 Å². The van der Waals surface area contributed by atoms with E-state index in [-0.39, 0.29) is 0 Å². The van der Waals surface area contributed by atoms with Crippen molar-refractivity contribution in [2.75, 3.05) is 6.54 Å². The highest BCUT2D eigenvalue weighted by atomic mass is 79.9. The van der Waals surface area contributed by atoms with Gasteiger partial charge in [0.1, 0.15) is 0 Å². The molecule has 1 fully saturated rings. The number of nitrogens with one attached hydrogen (secondary N) is 1. The molecule has 90 valence electrons. The summed E-state index contributed by atoms with van der Waals surface area (Å²) in [5, 5.41) is 3.62. The van der Waals surface area contributed by atoms with Gasteiger partial charge in [0.15, 0.2) is 3.92 Å². The molecule has 2 aromatic rings. The van der Waals surface area contributed by atoms with Gasteiger partial charge in [-0.15, -0.1) is 11.3 Å². The van der Waals surface area contributed by atoms with Crippen LogP contribution in [0.5, 0.6) is 0 Å². The van der Waals surface area contributed by atoms with Crippen LogP contribution in [0.3, 0.4) is 0 Å². The van der Waals surface area contributed by atoms with Crippen LogP contribution in [0.1, 0.15) is 31.4 Å². The highest BCUT2D eigenvalue weighted by Crippen LogP contribution is 2.31. The van der Waals surface area contributed by atoms with Gasteiger partial charge in [-0.25, -0.2) is 4.98 Å². The maximum atomic E-state index is 4.49. The van der Waals surface area contributed by atoms with E-state index in [9.17, 15) is 0 Å². The Bertz CT molecular complexity index is 529. The largest absolute Gasteiger partial charge is 0.310 e. The Morgan fingerprint density at radius 1 is 1.41 bits per heavy atom. The van der Waals surface area contributed by atoms with E-state index in [0.717, 1.165) is 21.9 Å². The van der Waals surface area contributed by atoms with Crippen molar-refractivity contribution in [3.05, 3.63) is 27.7 Å². The summed E-state index contributed by atoms with van der Waals surface area (Å²) >= 11 is 5.14. The summed E-state index contributed by atoms with van der Waals surface area (Å²) in [6.07, 6.45) is 2.55. The number of thiazole rings is 1. The Labute approximate surface area is 114 Å². The predicted molar refractivity (Wildman–Crippen MR) is 76.5 cm³/mol. The highest BCUT2D eigenvalue weighted by Gasteiger charge is 2.19. The summed E-state index contributed by atoms with van der Waals surface area (Å²) in [7, 11) is 0. The number of hydrogen-bond acceptors (Lipinski definition) is 3. The van der Waals surface area contributed by atoms with Crippen LogP contribution < -0.4 is 5.32 Å². The highest BCUT2D eigenvalue weighted by molar-refractivity contribution is 9.11. The SMILES string of the molecule is C[C@H]1CCC(c2ccc3sc(Br)nc3c2)NC1. The normalized spacial score (nSPS) is 25.3. The lowest BCUT2D eigenvalue weighted by molar-refractivity contribution is 0.333. The van der Waals surface area contributed by atoms with E-state index in [2.05, 4.69) is 51.4 Å². The van der Waals surface area contributed by atoms with Gasteiger partial charge >= 0.3 is 0 Å². The number of halogens is 1. The van der Waals surface area contributed by atoms with Crippen LogP contribution in [0.4, 0.5) is 0 Å². The Kier molecular flexibility index (Phi) is 3.19. The predicted octanol–water partition coefficient (Wildman–Crippen LogP) is 4.12. The van der Waals surface area contributed by atoms with Gasteiger partial charge in [0.2, 0.25) is 0 Å². The number of fused-ring (bicyclic) bond motifs is 1. The maximum Gasteiger partial charge on any atom is 0.160 e. The lowest BCUT2D eigenvalue weighted by atomic mass is 9.92. The van der Waals surface area contributed by atoms with E-state index in [1.165, 1.54) is 23.1 Å². The monoisotopic (exact) mass is 310 g/mol. The summed E-state index contributed by atoms with van der Waals surface area (Å²) < 4.78 is 2.22. The molecule has 3 rings (SSSR count). The zero-order valence-electron chi connectivity index (χ0n) is 9.74. The van der Waals surface area contributed by atoms with Crippen molar-refractivity contribution >= 4 is 37.5 Å². The molecule has 0 radical (unpaired) electrons. The van der Waals surface area contributed by atoms with E-state index in [1.54, 1.807) is 11.3 Å². The number of hydrogen-bond donors (Lipinski definition) is 1. The molecular weight excluding hydrogens is 296 g/mol. The first kappa shape index (κ1) is 11.6. The summed E-state index contributed by atoms with van der Waals surface area (Å²) in [5.74, 6) is 0.809. The molecule has 0 amide bonds. The van der Waals surface area contributed by atoms with Crippen LogP contribution in [-0.4, -0.2) is 11.5 Å². The van der Waals surface area contributed by atoms with Crippen LogP contribution in [0.2, 0.25) is 0 Å². The average Bonchev–Trinajstić information content (AvgIpc) is 2.69. The van der Waals surface area contributed by atoms with E-state index < -0.39 is 0 Å². The minimum Gasteiger partial charge on any atom is -0.310 e. The molecule has 2 heterocycles. The van der Waals surface area contributed by atoms with Gasteiger partial charge in [0, 0.05) is 6.04 Å². The summed E-state index contributed by atoms with van der Waals surface area (Å²) in [6, 6.07) is 7.16. The Hall–Kier alpha value is -0.450. The molecule has 0 saturated carbocycles. The van der Waals surface area contributed by atoms with Gasteiger partial charge in [0.25, 0.3) is 0 Å². The number of nitrogens with zero attached hydrogens (tertiary/aromatic N) is 1. The zero-order chi connectivity index (χ0) is 11.8. The summed E-state index contributed by atoms with van der Waals surface area (Å²) in [5.41, 5.74) is 2.49. The molecule has 1 aliphatic heterocycles. The van der Waals surface area contributed by atoms with Crippen molar-refractivity contribution in [3.63, 3.8) is 0 Å². The fraction of sp³-hybridized carbons (Fsp3) is 0.462. The van der Waals surface area contributed by atoms with Crippen LogP contribution in [0.15, 0.2) is 22.1 Å². The van der Waals surface area contributed by atoms with Crippen LogP contribution in [0, 0.1) is 5.92 Å². The molecule has 0 spiro atoms. The third-order valence-corrected chi connectivity index (χ3v) is 4.94. The standard InChI is InChI=1S/C13H15BrN2S/c1-8-2-4-10(15-7-8)9-3-5-12-11(6-9)16-13(14)17-12/h3,5-6,8,10,15H,2,4,7H2,1H3/t8-,10?/m0/s1. The molecule has 1 saturated heterocycles. The van der Waals surface area contributed by atoms with Crippen LogP contribution in [-0.2, 0) is 0 Å². The van der Waals surface area contributed by atoms with Crippen LogP contribution >= 0.6 is 27.3 Å². The van der Waals surface area contributed by atoms with Crippen molar-refractivity contribution in [3.8, 4) is 0 Å². The Balaban J connectivity index is 1.89. The number of aromatic nitrogens is 1. The second-order valence-electron chi connectivity index (χ2n) is 4.84. The quantitative estimate of drug-likeness (QED) is 0.857. The van der Waals surface area contributed by atoms with Crippen molar-refractivity contribution in [1.29, 1.82) is 0 Å². The van der Waals surface area contributed by atoms with Gasteiger partial charge < -0.3 is 5.32 Å².